The summed E-state index contributed by atoms with van der Waals surface area (Å²) >= 11 is 0. The Morgan fingerprint density at radius 2 is 1.73 bits per heavy atom. The molecule has 7 nitrogen and oxygen atoms in total. The van der Waals surface area contributed by atoms with Crippen molar-refractivity contribution in [3.05, 3.63) is 48.0 Å². The summed E-state index contributed by atoms with van der Waals surface area (Å²) in [6.07, 6.45) is 1.97. The molecular weight excluding hydrogens is 384 g/mol. The fraction of sp³-hybridized carbons (Fsp3) is 0.391. The molecule has 30 heavy (non-hydrogen) atoms. The Bertz CT molecular complexity index is 836. The van der Waals surface area contributed by atoms with Gasteiger partial charge < -0.3 is 24.4 Å². The van der Waals surface area contributed by atoms with Crippen LogP contribution in [0.4, 0.5) is 5.69 Å². The van der Waals surface area contributed by atoms with Crippen LogP contribution in [0.25, 0.3) is 0 Å². The van der Waals surface area contributed by atoms with Gasteiger partial charge in [0.15, 0.2) is 11.5 Å². The summed E-state index contributed by atoms with van der Waals surface area (Å²) in [5, 5.41) is 2.77. The molecule has 2 aromatic rings. The molecule has 0 atom stereocenters. The van der Waals surface area contributed by atoms with E-state index in [0.717, 1.165) is 12.8 Å². The Balaban J connectivity index is 2.01. The number of anilines is 1. The number of hydrogen-bond donors (Lipinski definition) is 1. The number of hydrogen-bond acceptors (Lipinski definition) is 5. The van der Waals surface area contributed by atoms with Gasteiger partial charge in [0.2, 0.25) is 5.91 Å². The van der Waals surface area contributed by atoms with Gasteiger partial charge in [-0.1, -0.05) is 13.3 Å². The topological polar surface area (TPSA) is 77.1 Å². The predicted molar refractivity (Wildman–Crippen MR) is 117 cm³/mol. The first-order valence-electron chi connectivity index (χ1n) is 10.1. The quantitative estimate of drug-likeness (QED) is 0.563. The van der Waals surface area contributed by atoms with E-state index >= 15 is 0 Å². The third kappa shape index (κ3) is 6.69. The molecule has 7 heteroatoms. The Kier molecular flexibility index (Phi) is 9.00. The number of carbonyl (C=O) groups excluding carboxylic acids is 2. The maximum atomic E-state index is 12.8. The minimum absolute atomic E-state index is 0.0798. The molecule has 2 aromatic carbocycles. The molecule has 0 fully saturated rings. The highest BCUT2D eigenvalue weighted by atomic mass is 16.5. The van der Waals surface area contributed by atoms with Gasteiger partial charge in [-0.05, 0) is 55.8 Å². The lowest BCUT2D eigenvalue weighted by atomic mass is 10.1. The van der Waals surface area contributed by atoms with Crippen LogP contribution in [0.2, 0.25) is 0 Å². The first-order chi connectivity index (χ1) is 14.5. The van der Waals surface area contributed by atoms with Gasteiger partial charge in [0.25, 0.3) is 5.91 Å². The summed E-state index contributed by atoms with van der Waals surface area (Å²) in [6.45, 7) is 4.94. The van der Waals surface area contributed by atoms with E-state index in [-0.39, 0.29) is 18.4 Å². The van der Waals surface area contributed by atoms with Crippen LogP contribution in [-0.4, -0.2) is 50.6 Å². The molecule has 0 radical (unpaired) electrons. The number of methoxy groups -OCH3 is 1. The zero-order chi connectivity index (χ0) is 21.9. The molecule has 2 amide bonds. The summed E-state index contributed by atoms with van der Waals surface area (Å²) in [7, 11) is 3.16. The van der Waals surface area contributed by atoms with Gasteiger partial charge in [-0.15, -0.1) is 0 Å². The van der Waals surface area contributed by atoms with E-state index in [4.69, 9.17) is 14.2 Å². The molecule has 0 unspecified atom stereocenters. The molecule has 0 bridgehead atoms. The molecule has 0 aliphatic rings. The Labute approximate surface area is 177 Å². The monoisotopic (exact) mass is 414 g/mol. The zero-order valence-electron chi connectivity index (χ0n) is 18.1. The van der Waals surface area contributed by atoms with E-state index in [0.29, 0.717) is 41.7 Å². The van der Waals surface area contributed by atoms with Crippen molar-refractivity contribution in [2.45, 2.75) is 26.7 Å². The van der Waals surface area contributed by atoms with Crippen LogP contribution in [0, 0.1) is 0 Å². The van der Waals surface area contributed by atoms with Gasteiger partial charge in [-0.25, -0.2) is 0 Å². The fourth-order valence-corrected chi connectivity index (χ4v) is 2.74. The number of ether oxygens (including phenoxy) is 3. The maximum Gasteiger partial charge on any atom is 0.254 e. The van der Waals surface area contributed by atoms with E-state index in [2.05, 4.69) is 12.2 Å². The molecular formula is C23H30N2O5. The molecule has 1 N–H and O–H groups in total. The van der Waals surface area contributed by atoms with E-state index in [9.17, 15) is 9.59 Å². The summed E-state index contributed by atoms with van der Waals surface area (Å²) in [5.41, 5.74) is 1.06. The van der Waals surface area contributed by atoms with Crippen LogP contribution in [0.15, 0.2) is 42.5 Å². The summed E-state index contributed by atoms with van der Waals surface area (Å²) in [4.78, 5) is 26.4. The zero-order valence-corrected chi connectivity index (χ0v) is 18.1. The molecule has 162 valence electrons. The highest BCUT2D eigenvalue weighted by molar-refractivity contribution is 5.99. The highest BCUT2D eigenvalue weighted by Crippen LogP contribution is 2.29. The van der Waals surface area contributed by atoms with Crippen molar-refractivity contribution < 1.29 is 23.8 Å². The summed E-state index contributed by atoms with van der Waals surface area (Å²) < 4.78 is 16.5. The number of benzene rings is 2. The number of unbranched alkanes of at least 4 members (excludes halogenated alkanes) is 1. The van der Waals surface area contributed by atoms with Gasteiger partial charge in [0.1, 0.15) is 5.75 Å². The van der Waals surface area contributed by atoms with E-state index in [1.807, 2.05) is 6.92 Å². The lowest BCUT2D eigenvalue weighted by Crippen LogP contribution is -2.34. The Morgan fingerprint density at radius 1 is 1.00 bits per heavy atom. The number of amides is 2. The van der Waals surface area contributed by atoms with Gasteiger partial charge >= 0.3 is 0 Å². The lowest BCUT2D eigenvalue weighted by molar-refractivity contribution is -0.116. The maximum absolute atomic E-state index is 12.8. The van der Waals surface area contributed by atoms with Crippen molar-refractivity contribution in [2.75, 3.05) is 39.2 Å². The molecule has 0 spiro atoms. The van der Waals surface area contributed by atoms with E-state index < -0.39 is 0 Å². The molecule has 2 rings (SSSR count). The van der Waals surface area contributed by atoms with E-state index in [1.54, 1.807) is 56.6 Å². The average molecular weight is 415 g/mol. The predicted octanol–water partition coefficient (Wildman–Crippen LogP) is 3.98. The number of nitrogens with one attached hydrogen (secondary N) is 1. The van der Waals surface area contributed by atoms with Crippen LogP contribution >= 0.6 is 0 Å². The molecule has 0 heterocycles. The number of carbonyl (C=O) groups is 2. The molecule has 0 aliphatic carbocycles. The fourth-order valence-electron chi connectivity index (χ4n) is 2.74. The van der Waals surface area contributed by atoms with Gasteiger partial charge in [-0.2, -0.15) is 0 Å². The highest BCUT2D eigenvalue weighted by Gasteiger charge is 2.17. The second-order valence-electron chi connectivity index (χ2n) is 6.73. The Morgan fingerprint density at radius 3 is 2.37 bits per heavy atom. The summed E-state index contributed by atoms with van der Waals surface area (Å²) in [5.74, 6) is 1.27. The van der Waals surface area contributed by atoms with Gasteiger partial charge in [0, 0.05) is 18.3 Å². The minimum atomic E-state index is -0.291. The van der Waals surface area contributed by atoms with Crippen molar-refractivity contribution in [3.8, 4) is 17.2 Å². The second-order valence-corrected chi connectivity index (χ2v) is 6.73. The first-order valence-corrected chi connectivity index (χ1v) is 10.1. The molecule has 0 saturated carbocycles. The number of nitrogens with zero attached hydrogens (tertiary/aromatic N) is 1. The third-order valence-electron chi connectivity index (χ3n) is 4.35. The van der Waals surface area contributed by atoms with Crippen molar-refractivity contribution >= 4 is 17.5 Å². The average Bonchev–Trinajstić information content (AvgIpc) is 2.75. The molecule has 0 aliphatic heterocycles. The van der Waals surface area contributed by atoms with Crippen LogP contribution < -0.4 is 19.5 Å². The number of likely N-dealkylation sites (N-methyl/N-ethyl adjacent to an activating group) is 1. The van der Waals surface area contributed by atoms with Crippen molar-refractivity contribution in [1.29, 1.82) is 0 Å². The standard InChI is InChI=1S/C23H30N2O5/c1-5-7-14-30-20-13-8-17(15-21(20)29-6-2)23(27)25(3)16-22(26)24-18-9-11-19(28-4)12-10-18/h8-13,15H,5-7,14,16H2,1-4H3,(H,24,26). The van der Waals surface area contributed by atoms with Crippen molar-refractivity contribution in [1.82, 2.24) is 4.90 Å². The Hall–Kier alpha value is -3.22. The normalized spacial score (nSPS) is 10.3. The molecule has 0 saturated heterocycles. The van der Waals surface area contributed by atoms with E-state index in [1.165, 1.54) is 4.90 Å². The first kappa shape index (κ1) is 23.1. The van der Waals surface area contributed by atoms with Crippen molar-refractivity contribution in [3.63, 3.8) is 0 Å². The second kappa shape index (κ2) is 11.7. The molecule has 0 aromatic heterocycles. The van der Waals surface area contributed by atoms with Crippen LogP contribution in [0.3, 0.4) is 0 Å². The number of rotatable bonds is 11. The smallest absolute Gasteiger partial charge is 0.254 e. The SMILES string of the molecule is CCCCOc1ccc(C(=O)N(C)CC(=O)Nc2ccc(OC)cc2)cc1OCC. The van der Waals surface area contributed by atoms with Crippen LogP contribution in [0.1, 0.15) is 37.0 Å². The minimum Gasteiger partial charge on any atom is -0.497 e. The van der Waals surface area contributed by atoms with Crippen LogP contribution in [-0.2, 0) is 4.79 Å². The lowest BCUT2D eigenvalue weighted by Gasteiger charge is -2.18. The summed E-state index contributed by atoms with van der Waals surface area (Å²) in [6, 6.07) is 12.1. The third-order valence-corrected chi connectivity index (χ3v) is 4.35. The largest absolute Gasteiger partial charge is 0.497 e. The van der Waals surface area contributed by atoms with Gasteiger partial charge in [0.05, 0.1) is 26.9 Å². The van der Waals surface area contributed by atoms with Gasteiger partial charge in [-0.3, -0.25) is 9.59 Å². The van der Waals surface area contributed by atoms with Crippen molar-refractivity contribution in [2.24, 2.45) is 0 Å². The van der Waals surface area contributed by atoms with Crippen LogP contribution in [0.5, 0.6) is 17.2 Å².